The number of carbonyl (C=O) groups is 1. The zero-order valence-electron chi connectivity index (χ0n) is 14.4. The second-order valence-corrected chi connectivity index (χ2v) is 7.04. The Bertz CT molecular complexity index is 874. The Morgan fingerprint density at radius 2 is 2.19 bits per heavy atom. The van der Waals surface area contributed by atoms with Crippen molar-refractivity contribution in [2.45, 2.75) is 32.4 Å². The molecule has 0 N–H and O–H groups in total. The van der Waals surface area contributed by atoms with Gasteiger partial charge in [0.2, 0.25) is 11.7 Å². The van der Waals surface area contributed by atoms with Gasteiger partial charge in [-0.05, 0) is 59.5 Å². The van der Waals surface area contributed by atoms with Crippen LogP contribution in [0, 0.1) is 6.92 Å². The van der Waals surface area contributed by atoms with Crippen LogP contribution in [0.25, 0.3) is 0 Å². The normalized spacial score (nSPS) is 16.8. The second-order valence-electron chi connectivity index (χ2n) is 6.26. The smallest absolute Gasteiger partial charge is 0.254 e. The highest BCUT2D eigenvalue weighted by Crippen LogP contribution is 2.34. The SMILES string of the molecule is Cc1nc(COc2ccc(C(=O)N3CCC[C@@H]3c3ccsc3)cc2)no1. The summed E-state index contributed by atoms with van der Waals surface area (Å²) in [6.07, 6.45) is 2.06. The van der Waals surface area contributed by atoms with E-state index in [9.17, 15) is 4.79 Å². The van der Waals surface area contributed by atoms with E-state index in [2.05, 4.69) is 27.0 Å². The summed E-state index contributed by atoms with van der Waals surface area (Å²) in [5.41, 5.74) is 1.91. The summed E-state index contributed by atoms with van der Waals surface area (Å²) in [5, 5.41) is 7.99. The highest BCUT2D eigenvalue weighted by molar-refractivity contribution is 7.08. The summed E-state index contributed by atoms with van der Waals surface area (Å²) in [6, 6.07) is 9.51. The minimum atomic E-state index is 0.0686. The van der Waals surface area contributed by atoms with Gasteiger partial charge < -0.3 is 14.2 Å². The molecule has 1 fully saturated rings. The molecule has 0 saturated carbocycles. The summed E-state index contributed by atoms with van der Waals surface area (Å²) in [5.74, 6) is 1.74. The molecule has 0 spiro atoms. The van der Waals surface area contributed by atoms with Crippen LogP contribution in [0.15, 0.2) is 45.6 Å². The molecule has 0 bridgehead atoms. The van der Waals surface area contributed by atoms with Gasteiger partial charge in [0.05, 0.1) is 6.04 Å². The Labute approximate surface area is 155 Å². The van der Waals surface area contributed by atoms with Gasteiger partial charge >= 0.3 is 0 Å². The minimum Gasteiger partial charge on any atom is -0.485 e. The van der Waals surface area contributed by atoms with Crippen molar-refractivity contribution in [1.29, 1.82) is 0 Å². The average Bonchev–Trinajstić information content (AvgIpc) is 3.40. The molecule has 1 amide bonds. The van der Waals surface area contributed by atoms with Crippen molar-refractivity contribution >= 4 is 17.2 Å². The van der Waals surface area contributed by atoms with Crippen LogP contribution in [0.5, 0.6) is 5.75 Å². The zero-order valence-corrected chi connectivity index (χ0v) is 15.2. The number of rotatable bonds is 5. The number of carbonyl (C=O) groups excluding carboxylic acids is 1. The van der Waals surface area contributed by atoms with E-state index >= 15 is 0 Å². The van der Waals surface area contributed by atoms with Crippen LogP contribution in [-0.4, -0.2) is 27.5 Å². The Kier molecular flexibility index (Phi) is 4.71. The lowest BCUT2D eigenvalue weighted by Gasteiger charge is -2.24. The third-order valence-corrected chi connectivity index (χ3v) is 5.18. The van der Waals surface area contributed by atoms with E-state index in [-0.39, 0.29) is 18.6 Å². The van der Waals surface area contributed by atoms with Gasteiger partial charge in [-0.1, -0.05) is 5.16 Å². The van der Waals surface area contributed by atoms with Crippen LogP contribution < -0.4 is 4.74 Å². The van der Waals surface area contributed by atoms with Crippen molar-refractivity contribution < 1.29 is 14.1 Å². The molecule has 1 aliphatic rings. The predicted octanol–water partition coefficient (Wildman–Crippen LogP) is 4.00. The van der Waals surface area contributed by atoms with Crippen LogP contribution in [-0.2, 0) is 6.61 Å². The Morgan fingerprint density at radius 3 is 2.88 bits per heavy atom. The quantitative estimate of drug-likeness (QED) is 0.680. The number of hydrogen-bond donors (Lipinski definition) is 0. The molecular weight excluding hydrogens is 350 g/mol. The van der Waals surface area contributed by atoms with Crippen molar-refractivity contribution in [3.8, 4) is 5.75 Å². The van der Waals surface area contributed by atoms with Crippen molar-refractivity contribution in [3.05, 3.63) is 63.9 Å². The molecular formula is C19H19N3O3S. The molecule has 3 heterocycles. The molecule has 2 aromatic heterocycles. The standard InChI is InChI=1S/C19H19N3O3S/c1-13-20-18(21-25-13)11-24-16-6-4-14(5-7-16)19(23)22-9-2-3-17(22)15-8-10-26-12-15/h4-8,10,12,17H,2-3,9,11H2,1H3/t17-/m1/s1. The Balaban J connectivity index is 1.42. The van der Waals surface area contributed by atoms with Gasteiger partial charge in [0.1, 0.15) is 5.75 Å². The molecule has 4 rings (SSSR count). The highest BCUT2D eigenvalue weighted by atomic mass is 32.1. The topological polar surface area (TPSA) is 68.5 Å². The fourth-order valence-corrected chi connectivity index (χ4v) is 3.94. The van der Waals surface area contributed by atoms with Gasteiger partial charge in [0.25, 0.3) is 5.91 Å². The number of ether oxygens (including phenoxy) is 1. The molecule has 0 radical (unpaired) electrons. The number of likely N-dealkylation sites (tertiary alicyclic amines) is 1. The van der Waals surface area contributed by atoms with Crippen LogP contribution in [0.1, 0.15) is 46.5 Å². The molecule has 3 aromatic rings. The van der Waals surface area contributed by atoms with Gasteiger partial charge in [0, 0.05) is 19.0 Å². The lowest BCUT2D eigenvalue weighted by atomic mass is 10.1. The van der Waals surface area contributed by atoms with Crippen molar-refractivity contribution in [2.24, 2.45) is 0 Å². The Morgan fingerprint density at radius 1 is 1.35 bits per heavy atom. The fraction of sp³-hybridized carbons (Fsp3) is 0.316. The van der Waals surface area contributed by atoms with E-state index in [1.807, 2.05) is 17.0 Å². The van der Waals surface area contributed by atoms with Crippen LogP contribution in [0.3, 0.4) is 0 Å². The molecule has 0 aliphatic carbocycles. The predicted molar refractivity (Wildman–Crippen MR) is 97.1 cm³/mol. The van der Waals surface area contributed by atoms with E-state index in [0.717, 1.165) is 19.4 Å². The van der Waals surface area contributed by atoms with Gasteiger partial charge in [-0.25, -0.2) is 0 Å². The minimum absolute atomic E-state index is 0.0686. The summed E-state index contributed by atoms with van der Waals surface area (Å²) in [6.45, 7) is 2.77. The monoisotopic (exact) mass is 369 g/mol. The number of nitrogens with zero attached hydrogens (tertiary/aromatic N) is 3. The highest BCUT2D eigenvalue weighted by Gasteiger charge is 2.30. The molecule has 134 valence electrons. The van der Waals surface area contributed by atoms with Crippen molar-refractivity contribution in [2.75, 3.05) is 6.54 Å². The second kappa shape index (κ2) is 7.29. The van der Waals surface area contributed by atoms with Crippen LogP contribution in [0.2, 0.25) is 0 Å². The first-order valence-corrected chi connectivity index (χ1v) is 9.50. The largest absolute Gasteiger partial charge is 0.485 e. The molecule has 7 heteroatoms. The summed E-state index contributed by atoms with van der Waals surface area (Å²) in [4.78, 5) is 19.0. The number of aromatic nitrogens is 2. The molecule has 0 unspecified atom stereocenters. The van der Waals surface area contributed by atoms with Gasteiger partial charge in [-0.15, -0.1) is 0 Å². The molecule has 26 heavy (non-hydrogen) atoms. The Hall–Kier alpha value is -2.67. The number of aryl methyl sites for hydroxylation is 1. The first-order valence-electron chi connectivity index (χ1n) is 8.56. The number of amides is 1. The third-order valence-electron chi connectivity index (χ3n) is 4.48. The maximum atomic E-state index is 12.9. The summed E-state index contributed by atoms with van der Waals surface area (Å²) >= 11 is 1.67. The number of benzene rings is 1. The number of hydrogen-bond acceptors (Lipinski definition) is 6. The first-order chi connectivity index (χ1) is 12.7. The summed E-state index contributed by atoms with van der Waals surface area (Å²) < 4.78 is 10.5. The molecule has 1 saturated heterocycles. The van der Waals surface area contributed by atoms with E-state index in [1.165, 1.54) is 5.56 Å². The molecule has 1 atom stereocenters. The van der Waals surface area contributed by atoms with Crippen molar-refractivity contribution in [1.82, 2.24) is 15.0 Å². The first kappa shape index (κ1) is 16.8. The van der Waals surface area contributed by atoms with Gasteiger partial charge in [0.15, 0.2) is 6.61 Å². The third kappa shape index (κ3) is 3.48. The zero-order chi connectivity index (χ0) is 17.9. The molecule has 1 aliphatic heterocycles. The van der Waals surface area contributed by atoms with Crippen LogP contribution in [0.4, 0.5) is 0 Å². The van der Waals surface area contributed by atoms with E-state index < -0.39 is 0 Å². The summed E-state index contributed by atoms with van der Waals surface area (Å²) in [7, 11) is 0. The van der Waals surface area contributed by atoms with E-state index in [0.29, 0.717) is 23.0 Å². The number of thiophene rings is 1. The fourth-order valence-electron chi connectivity index (χ4n) is 3.23. The molecule has 1 aromatic carbocycles. The van der Waals surface area contributed by atoms with Gasteiger partial charge in [-0.3, -0.25) is 4.79 Å². The lowest BCUT2D eigenvalue weighted by molar-refractivity contribution is 0.0736. The van der Waals surface area contributed by atoms with E-state index in [4.69, 9.17) is 9.26 Å². The maximum Gasteiger partial charge on any atom is 0.254 e. The van der Waals surface area contributed by atoms with Gasteiger partial charge in [-0.2, -0.15) is 16.3 Å². The molecule has 6 nitrogen and oxygen atoms in total. The maximum absolute atomic E-state index is 12.9. The van der Waals surface area contributed by atoms with Crippen LogP contribution >= 0.6 is 11.3 Å². The average molecular weight is 369 g/mol. The van der Waals surface area contributed by atoms with Crippen molar-refractivity contribution in [3.63, 3.8) is 0 Å². The lowest BCUT2D eigenvalue weighted by Crippen LogP contribution is -2.30. The van der Waals surface area contributed by atoms with E-state index in [1.54, 1.807) is 30.4 Å².